The first-order valence-corrected chi connectivity index (χ1v) is 7.35. The van der Waals surface area contributed by atoms with E-state index in [2.05, 4.69) is 52.0 Å². The first-order chi connectivity index (χ1) is 9.65. The fourth-order valence-corrected chi connectivity index (χ4v) is 2.61. The van der Waals surface area contributed by atoms with Gasteiger partial charge in [0.1, 0.15) is 5.82 Å². The summed E-state index contributed by atoms with van der Waals surface area (Å²) in [5, 5.41) is 3.54. The molecule has 0 saturated heterocycles. The van der Waals surface area contributed by atoms with Gasteiger partial charge in [0.05, 0.1) is 6.04 Å². The second-order valence-corrected chi connectivity index (χ2v) is 5.15. The fraction of sp³-hybridized carbons (Fsp3) is 0.500. The van der Waals surface area contributed by atoms with Crippen molar-refractivity contribution in [3.8, 4) is 0 Å². The van der Waals surface area contributed by atoms with E-state index in [1.807, 2.05) is 20.0 Å². The Kier molecular flexibility index (Phi) is 4.90. The van der Waals surface area contributed by atoms with E-state index < -0.39 is 0 Å². The molecule has 2 heterocycles. The zero-order valence-corrected chi connectivity index (χ0v) is 12.8. The van der Waals surface area contributed by atoms with Crippen LogP contribution >= 0.6 is 0 Å². The predicted octanol–water partition coefficient (Wildman–Crippen LogP) is 3.00. The van der Waals surface area contributed by atoms with Gasteiger partial charge in [-0.2, -0.15) is 0 Å². The largest absolute Gasteiger partial charge is 0.333 e. The smallest absolute Gasteiger partial charge is 0.130 e. The second-order valence-electron chi connectivity index (χ2n) is 5.15. The van der Waals surface area contributed by atoms with Crippen LogP contribution < -0.4 is 5.32 Å². The maximum absolute atomic E-state index is 4.57. The number of nitrogens with zero attached hydrogens (tertiary/aromatic N) is 3. The molecule has 0 radical (unpaired) electrons. The number of hydrogen-bond donors (Lipinski definition) is 1. The number of hydrogen-bond acceptors (Lipinski definition) is 3. The molecule has 2 rings (SSSR count). The molecule has 1 N–H and O–H groups in total. The summed E-state index contributed by atoms with van der Waals surface area (Å²) in [7, 11) is 0. The summed E-state index contributed by atoms with van der Waals surface area (Å²) in [6.45, 7) is 10.3. The summed E-state index contributed by atoms with van der Waals surface area (Å²) in [4.78, 5) is 9.03. The van der Waals surface area contributed by atoms with Crippen LogP contribution in [0.2, 0.25) is 0 Å². The van der Waals surface area contributed by atoms with Crippen molar-refractivity contribution >= 4 is 0 Å². The lowest BCUT2D eigenvalue weighted by Crippen LogP contribution is -2.25. The fourth-order valence-electron chi connectivity index (χ4n) is 2.61. The van der Waals surface area contributed by atoms with Gasteiger partial charge >= 0.3 is 0 Å². The lowest BCUT2D eigenvalue weighted by Gasteiger charge is -2.20. The Bertz CT molecular complexity index is 539. The Morgan fingerprint density at radius 1 is 1.20 bits per heavy atom. The summed E-state index contributed by atoms with van der Waals surface area (Å²) in [5.74, 6) is 1.08. The van der Waals surface area contributed by atoms with E-state index in [0.717, 1.165) is 36.7 Å². The SMILES string of the molecule is CCCn1ccnc1C(NCC)c1cc(C)nc(C)c1. The minimum Gasteiger partial charge on any atom is -0.333 e. The van der Waals surface area contributed by atoms with Crippen molar-refractivity contribution in [2.45, 2.75) is 46.7 Å². The zero-order valence-electron chi connectivity index (χ0n) is 12.8. The van der Waals surface area contributed by atoms with E-state index >= 15 is 0 Å². The van der Waals surface area contributed by atoms with Gasteiger partial charge in [-0.15, -0.1) is 0 Å². The second kappa shape index (κ2) is 6.66. The van der Waals surface area contributed by atoms with Crippen LogP contribution in [0.4, 0.5) is 0 Å². The summed E-state index contributed by atoms with van der Waals surface area (Å²) in [5.41, 5.74) is 3.34. The minimum absolute atomic E-state index is 0.127. The molecule has 0 aliphatic rings. The van der Waals surface area contributed by atoms with Gasteiger partial charge in [0.25, 0.3) is 0 Å². The van der Waals surface area contributed by atoms with E-state index in [4.69, 9.17) is 0 Å². The molecule has 0 spiro atoms. The summed E-state index contributed by atoms with van der Waals surface area (Å²) >= 11 is 0. The third kappa shape index (κ3) is 3.25. The van der Waals surface area contributed by atoms with Gasteiger partial charge in [-0.1, -0.05) is 13.8 Å². The molecule has 108 valence electrons. The van der Waals surface area contributed by atoms with E-state index in [1.165, 1.54) is 5.56 Å². The van der Waals surface area contributed by atoms with Crippen molar-refractivity contribution in [1.82, 2.24) is 19.9 Å². The van der Waals surface area contributed by atoms with Crippen LogP contribution in [0.25, 0.3) is 0 Å². The lowest BCUT2D eigenvalue weighted by atomic mass is 10.0. The average Bonchev–Trinajstić information content (AvgIpc) is 2.83. The van der Waals surface area contributed by atoms with Crippen molar-refractivity contribution in [1.29, 1.82) is 0 Å². The summed E-state index contributed by atoms with van der Waals surface area (Å²) < 4.78 is 2.23. The van der Waals surface area contributed by atoms with Gasteiger partial charge < -0.3 is 9.88 Å². The molecule has 0 aliphatic heterocycles. The Labute approximate surface area is 121 Å². The Morgan fingerprint density at radius 3 is 2.50 bits per heavy atom. The van der Waals surface area contributed by atoms with Gasteiger partial charge in [-0.25, -0.2) is 4.98 Å². The standard InChI is InChI=1S/C16H24N4/c1-5-8-20-9-7-18-16(20)15(17-6-2)14-10-12(3)19-13(4)11-14/h7,9-11,15,17H,5-6,8H2,1-4H3. The van der Waals surface area contributed by atoms with Gasteiger partial charge in [0.2, 0.25) is 0 Å². The predicted molar refractivity (Wildman–Crippen MR) is 81.7 cm³/mol. The van der Waals surface area contributed by atoms with E-state index in [1.54, 1.807) is 0 Å². The zero-order chi connectivity index (χ0) is 14.5. The molecule has 0 fully saturated rings. The average molecular weight is 272 g/mol. The van der Waals surface area contributed by atoms with Crippen molar-refractivity contribution < 1.29 is 0 Å². The molecule has 1 atom stereocenters. The van der Waals surface area contributed by atoms with Crippen molar-refractivity contribution in [2.24, 2.45) is 0 Å². The van der Waals surface area contributed by atoms with E-state index in [0.29, 0.717) is 0 Å². The minimum atomic E-state index is 0.127. The van der Waals surface area contributed by atoms with Crippen LogP contribution in [0.3, 0.4) is 0 Å². The molecular weight excluding hydrogens is 248 g/mol. The first-order valence-electron chi connectivity index (χ1n) is 7.35. The van der Waals surface area contributed by atoms with E-state index in [-0.39, 0.29) is 6.04 Å². The molecule has 0 amide bonds. The molecule has 4 nitrogen and oxygen atoms in total. The van der Waals surface area contributed by atoms with Crippen LogP contribution in [0, 0.1) is 13.8 Å². The van der Waals surface area contributed by atoms with Gasteiger partial charge in [0.15, 0.2) is 0 Å². The Balaban J connectivity index is 2.41. The van der Waals surface area contributed by atoms with E-state index in [9.17, 15) is 0 Å². The number of aryl methyl sites for hydroxylation is 3. The molecule has 4 heteroatoms. The number of rotatable bonds is 6. The molecule has 0 saturated carbocycles. The van der Waals surface area contributed by atoms with Gasteiger partial charge in [-0.3, -0.25) is 4.98 Å². The summed E-state index contributed by atoms with van der Waals surface area (Å²) in [6, 6.07) is 4.42. The molecule has 0 aliphatic carbocycles. The normalized spacial score (nSPS) is 12.6. The highest BCUT2D eigenvalue weighted by molar-refractivity contribution is 5.28. The third-order valence-corrected chi connectivity index (χ3v) is 3.32. The number of pyridine rings is 1. The topological polar surface area (TPSA) is 42.7 Å². The van der Waals surface area contributed by atoms with Crippen LogP contribution in [0.15, 0.2) is 24.5 Å². The highest BCUT2D eigenvalue weighted by Gasteiger charge is 2.18. The van der Waals surface area contributed by atoms with Crippen LogP contribution in [-0.2, 0) is 6.54 Å². The van der Waals surface area contributed by atoms with Crippen LogP contribution in [0.5, 0.6) is 0 Å². The quantitative estimate of drug-likeness (QED) is 0.879. The number of aromatic nitrogens is 3. The Hall–Kier alpha value is -1.68. The molecule has 0 aromatic carbocycles. The molecule has 0 bridgehead atoms. The van der Waals surface area contributed by atoms with Crippen molar-refractivity contribution in [2.75, 3.05) is 6.54 Å². The van der Waals surface area contributed by atoms with Crippen LogP contribution in [-0.4, -0.2) is 21.1 Å². The molecule has 1 unspecified atom stereocenters. The third-order valence-electron chi connectivity index (χ3n) is 3.32. The lowest BCUT2D eigenvalue weighted by molar-refractivity contribution is 0.543. The first kappa shape index (κ1) is 14.7. The number of nitrogens with one attached hydrogen (secondary N) is 1. The highest BCUT2D eigenvalue weighted by atomic mass is 15.1. The molecule has 2 aromatic heterocycles. The van der Waals surface area contributed by atoms with Crippen molar-refractivity contribution in [3.63, 3.8) is 0 Å². The van der Waals surface area contributed by atoms with Crippen LogP contribution in [0.1, 0.15) is 49.1 Å². The highest BCUT2D eigenvalue weighted by Crippen LogP contribution is 2.22. The van der Waals surface area contributed by atoms with Crippen molar-refractivity contribution in [3.05, 3.63) is 47.3 Å². The summed E-state index contributed by atoms with van der Waals surface area (Å²) in [6.07, 6.45) is 5.05. The number of imidazole rings is 1. The van der Waals surface area contributed by atoms with Gasteiger partial charge in [0, 0.05) is 30.3 Å². The maximum Gasteiger partial charge on any atom is 0.130 e. The monoisotopic (exact) mass is 272 g/mol. The maximum atomic E-state index is 4.57. The molecule has 20 heavy (non-hydrogen) atoms. The Morgan fingerprint density at radius 2 is 1.90 bits per heavy atom. The molecule has 2 aromatic rings. The molecular formula is C16H24N4. The van der Waals surface area contributed by atoms with Gasteiger partial charge in [-0.05, 0) is 44.5 Å².